The van der Waals surface area contributed by atoms with Crippen molar-refractivity contribution in [1.82, 2.24) is 39.6 Å². The van der Waals surface area contributed by atoms with Gasteiger partial charge in [-0.1, -0.05) is 18.2 Å². The third-order valence-corrected chi connectivity index (χ3v) is 14.2. The molecule has 0 saturated carbocycles. The third-order valence-electron chi connectivity index (χ3n) is 14.2. The lowest BCUT2D eigenvalue weighted by atomic mass is 9.87. The predicted molar refractivity (Wildman–Crippen MR) is 244 cm³/mol. The van der Waals surface area contributed by atoms with Gasteiger partial charge in [-0.3, -0.25) is 44.0 Å². The molecule has 66 heavy (non-hydrogen) atoms. The molecular formula is C48H55N11O7. The second-order valence-corrected chi connectivity index (χ2v) is 18.0. The SMILES string of the molecule is NC(=O)c1c(-c2ccc(Oc3ccccc3)cc2)nn2c1NCCC2C1CCN(C(=O)N2CCN(CCN3CCN(c4ccc5c(c4)C(=O)N(C4CCC(=O)NC4=O)C5=O)CC3)CC2)CC1. The van der Waals surface area contributed by atoms with Crippen molar-refractivity contribution in [3.8, 4) is 22.8 Å². The van der Waals surface area contributed by atoms with Crippen molar-refractivity contribution >= 4 is 47.1 Å². The number of ether oxygens (including phenoxy) is 1. The first-order chi connectivity index (χ1) is 32.1. The number of rotatable bonds is 10. The number of urea groups is 1. The second kappa shape index (κ2) is 18.2. The number of nitrogens with one attached hydrogen (secondary N) is 2. The van der Waals surface area contributed by atoms with E-state index in [1.807, 2.05) is 75.1 Å². The number of carbonyl (C=O) groups is 6. The topological polar surface area (TPSA) is 199 Å². The quantitative estimate of drug-likeness (QED) is 0.196. The van der Waals surface area contributed by atoms with Crippen LogP contribution < -0.4 is 26.0 Å². The van der Waals surface area contributed by atoms with Crippen molar-refractivity contribution in [1.29, 1.82) is 0 Å². The van der Waals surface area contributed by atoms with Crippen molar-refractivity contribution in [3.63, 3.8) is 0 Å². The second-order valence-electron chi connectivity index (χ2n) is 18.0. The lowest BCUT2D eigenvalue weighted by Crippen LogP contribution is -2.55. The van der Waals surface area contributed by atoms with E-state index < -0.39 is 35.6 Å². The van der Waals surface area contributed by atoms with Gasteiger partial charge in [-0.15, -0.1) is 0 Å². The van der Waals surface area contributed by atoms with Crippen LogP contribution >= 0.6 is 0 Å². The van der Waals surface area contributed by atoms with Crippen LogP contribution in [0.5, 0.6) is 11.5 Å². The Bertz CT molecular complexity index is 2520. The fraction of sp³-hybridized carbons (Fsp3) is 0.438. The number of fused-ring (bicyclic) bond motifs is 2. The van der Waals surface area contributed by atoms with Crippen LogP contribution in [0.2, 0.25) is 0 Å². The fourth-order valence-corrected chi connectivity index (χ4v) is 10.5. The summed E-state index contributed by atoms with van der Waals surface area (Å²) in [5.74, 6) is -0.162. The van der Waals surface area contributed by atoms with Crippen molar-refractivity contribution in [2.45, 2.75) is 44.2 Å². The van der Waals surface area contributed by atoms with Crippen LogP contribution in [-0.4, -0.2) is 161 Å². The Morgan fingerprint density at radius 3 is 2.05 bits per heavy atom. The molecule has 18 nitrogen and oxygen atoms in total. The Hall–Kier alpha value is -6.79. The molecule has 4 fully saturated rings. The highest BCUT2D eigenvalue weighted by molar-refractivity contribution is 6.23. The van der Waals surface area contributed by atoms with E-state index in [4.69, 9.17) is 15.6 Å². The molecule has 4 N–H and O–H groups in total. The third kappa shape index (κ3) is 8.46. The van der Waals surface area contributed by atoms with Gasteiger partial charge in [0.2, 0.25) is 11.8 Å². The molecule has 3 aromatic carbocycles. The predicted octanol–water partition coefficient (Wildman–Crippen LogP) is 3.47. The summed E-state index contributed by atoms with van der Waals surface area (Å²) in [6.45, 7) is 10.2. The highest BCUT2D eigenvalue weighted by Gasteiger charge is 2.45. The molecule has 4 aromatic rings. The average Bonchev–Trinajstić information content (AvgIpc) is 3.86. The number of benzene rings is 3. The number of primary amides is 1. The van der Waals surface area contributed by atoms with E-state index in [0.29, 0.717) is 67.0 Å². The van der Waals surface area contributed by atoms with Gasteiger partial charge in [-0.25, -0.2) is 9.48 Å². The average molecular weight is 898 g/mol. The number of likely N-dealkylation sites (tertiary alicyclic amines) is 1. The minimum Gasteiger partial charge on any atom is -0.457 e. The number of para-hydroxylation sites is 1. The number of piperidine rings is 2. The summed E-state index contributed by atoms with van der Waals surface area (Å²) in [4.78, 5) is 89.4. The number of carbonyl (C=O) groups excluding carboxylic acids is 6. The zero-order valence-electron chi connectivity index (χ0n) is 36.9. The Morgan fingerprint density at radius 1 is 0.712 bits per heavy atom. The van der Waals surface area contributed by atoms with Gasteiger partial charge < -0.3 is 30.5 Å². The number of nitrogens with two attached hydrogens (primary N) is 1. The van der Waals surface area contributed by atoms with E-state index in [1.54, 1.807) is 12.1 Å². The molecule has 1 aromatic heterocycles. The monoisotopic (exact) mass is 897 g/mol. The summed E-state index contributed by atoms with van der Waals surface area (Å²) in [6.07, 6.45) is 2.77. The molecule has 2 unspecified atom stereocenters. The zero-order valence-corrected chi connectivity index (χ0v) is 36.9. The maximum absolute atomic E-state index is 13.8. The number of imide groups is 2. The number of nitrogens with zero attached hydrogens (tertiary/aromatic N) is 8. The van der Waals surface area contributed by atoms with Crippen LogP contribution in [0.15, 0.2) is 72.8 Å². The van der Waals surface area contributed by atoms with Crippen molar-refractivity contribution in [2.75, 3.05) is 95.3 Å². The molecule has 0 spiro atoms. The minimum absolute atomic E-state index is 0.0779. The van der Waals surface area contributed by atoms with Crippen LogP contribution in [-0.2, 0) is 9.59 Å². The molecule has 0 radical (unpaired) electrons. The van der Waals surface area contributed by atoms with E-state index in [9.17, 15) is 28.8 Å². The smallest absolute Gasteiger partial charge is 0.320 e. The molecule has 2 atom stereocenters. The van der Waals surface area contributed by atoms with Gasteiger partial charge in [-0.05, 0) is 86.2 Å². The Kier molecular flexibility index (Phi) is 11.9. The lowest BCUT2D eigenvalue weighted by Gasteiger charge is -2.42. The highest BCUT2D eigenvalue weighted by atomic mass is 16.5. The first kappa shape index (κ1) is 43.1. The van der Waals surface area contributed by atoms with Gasteiger partial charge in [-0.2, -0.15) is 5.10 Å². The summed E-state index contributed by atoms with van der Waals surface area (Å²) >= 11 is 0. The molecule has 10 rings (SSSR count). The molecule has 6 aliphatic heterocycles. The van der Waals surface area contributed by atoms with Crippen LogP contribution in [0, 0.1) is 5.92 Å². The number of amides is 7. The van der Waals surface area contributed by atoms with E-state index in [0.717, 1.165) is 93.5 Å². The molecule has 344 valence electrons. The van der Waals surface area contributed by atoms with Crippen LogP contribution in [0.1, 0.15) is 69.2 Å². The van der Waals surface area contributed by atoms with Gasteiger partial charge in [0.15, 0.2) is 0 Å². The Labute approximate surface area is 382 Å². The highest BCUT2D eigenvalue weighted by Crippen LogP contribution is 2.40. The van der Waals surface area contributed by atoms with Crippen LogP contribution in [0.3, 0.4) is 0 Å². The van der Waals surface area contributed by atoms with Crippen molar-refractivity contribution < 1.29 is 33.5 Å². The summed E-state index contributed by atoms with van der Waals surface area (Å²) in [5, 5.41) is 10.7. The number of aromatic nitrogens is 2. The molecule has 4 saturated heterocycles. The summed E-state index contributed by atoms with van der Waals surface area (Å²) < 4.78 is 7.95. The molecular weight excluding hydrogens is 843 g/mol. The number of anilines is 2. The van der Waals surface area contributed by atoms with E-state index >= 15 is 0 Å². The molecule has 0 bridgehead atoms. The van der Waals surface area contributed by atoms with Gasteiger partial charge in [0, 0.05) is 103 Å². The molecule has 6 aliphatic rings. The molecule has 0 aliphatic carbocycles. The summed E-state index contributed by atoms with van der Waals surface area (Å²) in [6, 6.07) is 21.6. The van der Waals surface area contributed by atoms with Crippen molar-refractivity contribution in [2.24, 2.45) is 11.7 Å². The minimum atomic E-state index is -0.984. The van der Waals surface area contributed by atoms with Gasteiger partial charge in [0.05, 0.1) is 17.2 Å². The first-order valence-electron chi connectivity index (χ1n) is 23.2. The van der Waals surface area contributed by atoms with E-state index in [2.05, 4.69) is 25.3 Å². The number of hydrogen-bond acceptors (Lipinski definition) is 12. The maximum Gasteiger partial charge on any atom is 0.320 e. The normalized spacial score (nSPS) is 21.9. The van der Waals surface area contributed by atoms with Crippen molar-refractivity contribution in [3.05, 3.63) is 89.5 Å². The Balaban J connectivity index is 0.673. The van der Waals surface area contributed by atoms with Crippen LogP contribution in [0.25, 0.3) is 11.3 Å². The largest absolute Gasteiger partial charge is 0.457 e. The van der Waals surface area contributed by atoms with Crippen LogP contribution in [0.4, 0.5) is 16.3 Å². The van der Waals surface area contributed by atoms with Gasteiger partial charge >= 0.3 is 6.03 Å². The maximum atomic E-state index is 13.8. The fourth-order valence-electron chi connectivity index (χ4n) is 10.5. The van der Waals surface area contributed by atoms with Gasteiger partial charge in [0.1, 0.15) is 34.6 Å². The standard InChI is InChI=1S/C48H55N11O7/c49-43(61)41-42(32-6-9-35(10-7-32)66-34-4-2-1-3-5-34)52-59-38(14-17-50-44(41)59)31-15-18-56(19-16-31)48(65)57-28-24-54(25-29-57)21-20-53-22-26-55(27-23-53)33-8-11-36-37(30-33)47(64)58(46(36)63)39-12-13-40(60)51-45(39)62/h1-11,30-31,38-39,50H,12-29H2,(H2,49,61)(H,51,60,62). The molecule has 7 amide bonds. The Morgan fingerprint density at radius 2 is 1.36 bits per heavy atom. The number of piperazine rings is 2. The number of hydrogen-bond donors (Lipinski definition) is 3. The first-order valence-corrected chi connectivity index (χ1v) is 23.2. The van der Waals surface area contributed by atoms with E-state index in [-0.39, 0.29) is 30.5 Å². The summed E-state index contributed by atoms with van der Waals surface area (Å²) in [7, 11) is 0. The molecule has 18 heteroatoms. The molecule has 7 heterocycles. The summed E-state index contributed by atoms with van der Waals surface area (Å²) in [5.41, 5.74) is 9.14. The lowest BCUT2D eigenvalue weighted by molar-refractivity contribution is -0.136. The van der Waals surface area contributed by atoms with Gasteiger partial charge in [0.25, 0.3) is 17.7 Å². The van der Waals surface area contributed by atoms with E-state index in [1.165, 1.54) is 0 Å². The zero-order chi connectivity index (χ0) is 45.5.